The molecule has 1 heterocycles. The van der Waals surface area contributed by atoms with Gasteiger partial charge in [-0.05, 0) is 33.8 Å². The van der Waals surface area contributed by atoms with Gasteiger partial charge in [0.1, 0.15) is 11.3 Å². The summed E-state index contributed by atoms with van der Waals surface area (Å²) < 4.78 is 16.5. The maximum Gasteiger partial charge on any atom is 0.495 e. The molecule has 0 aliphatic carbocycles. The van der Waals surface area contributed by atoms with Crippen LogP contribution in [0.2, 0.25) is 0 Å². The highest BCUT2D eigenvalue weighted by molar-refractivity contribution is 6.63. The zero-order valence-electron chi connectivity index (χ0n) is 12.4. The van der Waals surface area contributed by atoms with E-state index >= 15 is 0 Å². The van der Waals surface area contributed by atoms with Gasteiger partial charge in [-0.15, -0.1) is 0 Å². The lowest BCUT2D eigenvalue weighted by Gasteiger charge is -2.32. The van der Waals surface area contributed by atoms with Crippen LogP contribution in [0.4, 0.5) is 0 Å². The number of carbonyl (C=O) groups excluding carboxylic acids is 1. The van der Waals surface area contributed by atoms with E-state index in [2.05, 4.69) is 0 Å². The van der Waals surface area contributed by atoms with Gasteiger partial charge in [0.15, 0.2) is 0 Å². The number of benzene rings is 1. The molecule has 6 heteroatoms. The molecule has 1 aliphatic rings. The Morgan fingerprint density at radius 1 is 1.20 bits per heavy atom. The molecule has 0 radical (unpaired) electrons. The summed E-state index contributed by atoms with van der Waals surface area (Å²) in [6, 6.07) is 4.76. The van der Waals surface area contributed by atoms with Gasteiger partial charge in [-0.3, -0.25) is 0 Å². The third-order valence-corrected chi connectivity index (χ3v) is 3.97. The van der Waals surface area contributed by atoms with E-state index in [4.69, 9.17) is 14.0 Å². The highest BCUT2D eigenvalue weighted by Gasteiger charge is 2.52. The van der Waals surface area contributed by atoms with Gasteiger partial charge in [-0.2, -0.15) is 0 Å². The number of phenols is 1. The molecule has 1 fully saturated rings. The van der Waals surface area contributed by atoms with Crippen molar-refractivity contribution in [3.05, 3.63) is 23.8 Å². The first-order valence-electron chi connectivity index (χ1n) is 6.45. The molecule has 2 rings (SSSR count). The quantitative estimate of drug-likeness (QED) is 0.655. The largest absolute Gasteiger partial charge is 0.507 e. The maximum absolute atomic E-state index is 11.8. The first-order chi connectivity index (χ1) is 9.19. The topological polar surface area (TPSA) is 65.0 Å². The minimum atomic E-state index is -0.721. The van der Waals surface area contributed by atoms with E-state index in [1.54, 1.807) is 12.1 Å². The van der Waals surface area contributed by atoms with Crippen LogP contribution < -0.4 is 5.46 Å². The number of rotatable bonds is 2. The summed E-state index contributed by atoms with van der Waals surface area (Å²) in [5.41, 5.74) is -0.489. The van der Waals surface area contributed by atoms with Crippen LogP contribution in [-0.2, 0) is 14.0 Å². The van der Waals surface area contributed by atoms with Gasteiger partial charge in [0.25, 0.3) is 0 Å². The highest BCUT2D eigenvalue weighted by Crippen LogP contribution is 2.37. The van der Waals surface area contributed by atoms with Gasteiger partial charge < -0.3 is 19.2 Å². The predicted molar refractivity (Wildman–Crippen MR) is 75.2 cm³/mol. The number of carbonyl (C=O) groups is 1. The SMILES string of the molecule is COC(=O)c1c(O)cccc1B1OC(C)(C)C(C)(C)O1. The third-order valence-electron chi connectivity index (χ3n) is 3.97. The molecule has 0 aromatic heterocycles. The van der Waals surface area contributed by atoms with Crippen LogP contribution in [0.25, 0.3) is 0 Å². The van der Waals surface area contributed by atoms with Crippen LogP contribution >= 0.6 is 0 Å². The van der Waals surface area contributed by atoms with E-state index in [1.165, 1.54) is 13.2 Å². The molecule has 20 heavy (non-hydrogen) atoms. The van der Waals surface area contributed by atoms with Crippen LogP contribution in [0.5, 0.6) is 5.75 Å². The molecule has 5 nitrogen and oxygen atoms in total. The number of esters is 1. The van der Waals surface area contributed by atoms with Crippen molar-refractivity contribution in [1.82, 2.24) is 0 Å². The highest BCUT2D eigenvalue weighted by atomic mass is 16.7. The molecular weight excluding hydrogens is 259 g/mol. The van der Waals surface area contributed by atoms with E-state index < -0.39 is 24.3 Å². The summed E-state index contributed by atoms with van der Waals surface area (Å²) in [6.45, 7) is 7.70. The summed E-state index contributed by atoms with van der Waals surface area (Å²) in [6.07, 6.45) is 0. The second-order valence-electron chi connectivity index (χ2n) is 5.82. The fourth-order valence-electron chi connectivity index (χ4n) is 2.05. The normalized spacial score (nSPS) is 19.9. The molecule has 0 saturated carbocycles. The van der Waals surface area contributed by atoms with Crippen LogP contribution in [0.3, 0.4) is 0 Å². The third kappa shape index (κ3) is 2.29. The van der Waals surface area contributed by atoms with Gasteiger partial charge in [0, 0.05) is 5.46 Å². The smallest absolute Gasteiger partial charge is 0.495 e. The molecule has 108 valence electrons. The molecule has 0 atom stereocenters. The lowest BCUT2D eigenvalue weighted by atomic mass is 9.75. The monoisotopic (exact) mass is 278 g/mol. The van der Waals surface area contributed by atoms with E-state index in [1.807, 2.05) is 27.7 Å². The second kappa shape index (κ2) is 4.79. The Kier molecular flexibility index (Phi) is 3.56. The van der Waals surface area contributed by atoms with Gasteiger partial charge >= 0.3 is 13.1 Å². The van der Waals surface area contributed by atoms with E-state index in [9.17, 15) is 9.90 Å². The fourth-order valence-corrected chi connectivity index (χ4v) is 2.05. The molecule has 1 saturated heterocycles. The van der Waals surface area contributed by atoms with E-state index in [-0.39, 0.29) is 11.3 Å². The standard InChI is InChI=1S/C14H19BO5/c1-13(2)14(3,4)20-15(19-13)9-7-6-8-10(16)11(9)12(17)18-5/h6-8,16H,1-5H3. The van der Waals surface area contributed by atoms with Gasteiger partial charge in [0.05, 0.1) is 18.3 Å². The van der Waals surface area contributed by atoms with Crippen LogP contribution in [-0.4, -0.2) is 36.5 Å². The first-order valence-corrected chi connectivity index (χ1v) is 6.45. The number of ether oxygens (including phenoxy) is 1. The van der Waals surface area contributed by atoms with Crippen molar-refractivity contribution in [3.63, 3.8) is 0 Å². The molecule has 1 aromatic rings. The average Bonchev–Trinajstić information content (AvgIpc) is 2.57. The Bertz CT molecular complexity index is 522. The van der Waals surface area contributed by atoms with E-state index in [0.717, 1.165) is 0 Å². The van der Waals surface area contributed by atoms with Gasteiger partial charge in [-0.1, -0.05) is 12.1 Å². The molecular formula is C14H19BO5. The molecule has 0 spiro atoms. The maximum atomic E-state index is 11.8. The van der Waals surface area contributed by atoms with Crippen molar-refractivity contribution in [3.8, 4) is 5.75 Å². The number of phenolic OH excluding ortho intramolecular Hbond substituents is 1. The summed E-state index contributed by atoms with van der Waals surface area (Å²) in [7, 11) is 0.546. The van der Waals surface area contributed by atoms with Crippen LogP contribution in [0.1, 0.15) is 38.1 Å². The van der Waals surface area contributed by atoms with Crippen molar-refractivity contribution in [2.24, 2.45) is 0 Å². The summed E-state index contributed by atoms with van der Waals surface area (Å²) in [5, 5.41) is 9.90. The van der Waals surface area contributed by atoms with Crippen molar-refractivity contribution in [2.45, 2.75) is 38.9 Å². The van der Waals surface area contributed by atoms with Crippen molar-refractivity contribution in [1.29, 1.82) is 0 Å². The molecule has 0 unspecified atom stereocenters. The zero-order valence-corrected chi connectivity index (χ0v) is 12.4. The number of hydrogen-bond donors (Lipinski definition) is 1. The van der Waals surface area contributed by atoms with Gasteiger partial charge in [-0.25, -0.2) is 4.79 Å². The Hall–Kier alpha value is -1.53. The van der Waals surface area contributed by atoms with Crippen LogP contribution in [0.15, 0.2) is 18.2 Å². The minimum Gasteiger partial charge on any atom is -0.507 e. The molecule has 1 aliphatic heterocycles. The second-order valence-corrected chi connectivity index (χ2v) is 5.82. The Labute approximate surface area is 119 Å². The number of methoxy groups -OCH3 is 1. The molecule has 0 bridgehead atoms. The summed E-state index contributed by atoms with van der Waals surface area (Å²) in [5.74, 6) is -0.767. The lowest BCUT2D eigenvalue weighted by Crippen LogP contribution is -2.41. The van der Waals surface area contributed by atoms with E-state index in [0.29, 0.717) is 5.46 Å². The summed E-state index contributed by atoms with van der Waals surface area (Å²) in [4.78, 5) is 11.8. The minimum absolute atomic E-state index is 0.0773. The molecule has 1 aromatic carbocycles. The Morgan fingerprint density at radius 3 is 2.25 bits per heavy atom. The number of aromatic hydroxyl groups is 1. The number of hydrogen-bond acceptors (Lipinski definition) is 5. The Balaban J connectivity index is 2.46. The zero-order chi connectivity index (χ0) is 15.1. The molecule has 1 N–H and O–H groups in total. The van der Waals surface area contributed by atoms with Gasteiger partial charge in [0.2, 0.25) is 0 Å². The molecule has 0 amide bonds. The van der Waals surface area contributed by atoms with Crippen molar-refractivity contribution < 1.29 is 23.9 Å². The first kappa shape index (κ1) is 14.9. The van der Waals surface area contributed by atoms with Crippen molar-refractivity contribution in [2.75, 3.05) is 7.11 Å². The predicted octanol–water partition coefficient (Wildman–Crippen LogP) is 1.48. The van der Waals surface area contributed by atoms with Crippen LogP contribution in [0, 0.1) is 0 Å². The lowest BCUT2D eigenvalue weighted by molar-refractivity contribution is 0.00578. The Morgan fingerprint density at radius 2 is 1.75 bits per heavy atom. The summed E-state index contributed by atoms with van der Waals surface area (Å²) >= 11 is 0. The van der Waals surface area contributed by atoms with Crippen molar-refractivity contribution >= 4 is 18.6 Å². The average molecular weight is 278 g/mol. The fraction of sp³-hybridized carbons (Fsp3) is 0.500.